The van der Waals surface area contributed by atoms with Crippen molar-refractivity contribution in [3.8, 4) is 5.75 Å². The number of carbonyl (C=O) groups excluding carboxylic acids is 1. The summed E-state index contributed by atoms with van der Waals surface area (Å²) in [6, 6.07) is 6.03. The van der Waals surface area contributed by atoms with Crippen LogP contribution in [-0.4, -0.2) is 12.4 Å². The van der Waals surface area contributed by atoms with Gasteiger partial charge in [0.1, 0.15) is 5.75 Å². The average molecular weight is 246 g/mol. The van der Waals surface area contributed by atoms with Gasteiger partial charge in [-0.25, -0.2) is 0 Å². The summed E-state index contributed by atoms with van der Waals surface area (Å²) >= 11 is 0. The molecule has 1 aliphatic heterocycles. The number of hydrogen-bond donors (Lipinski definition) is 0. The van der Waals surface area contributed by atoms with E-state index in [1.165, 1.54) is 5.56 Å². The number of rotatable bonds is 2. The van der Waals surface area contributed by atoms with Crippen molar-refractivity contribution in [3.05, 3.63) is 29.3 Å². The highest BCUT2D eigenvalue weighted by molar-refractivity contribution is 6.02. The summed E-state index contributed by atoms with van der Waals surface area (Å²) in [5.74, 6) is 0.828. The number of carbonyl (C=O) groups is 1. The number of fused-ring (bicyclic) bond motifs is 1. The van der Waals surface area contributed by atoms with Gasteiger partial charge in [0.25, 0.3) is 0 Å². The SMILES string of the molecule is CC(C)(C)CC(C)(C)c1ccc2c(c1)C(=O)CO2. The van der Waals surface area contributed by atoms with Gasteiger partial charge in [0.2, 0.25) is 5.78 Å². The molecular formula is C16H22O2. The second kappa shape index (κ2) is 4.11. The number of hydrogen-bond acceptors (Lipinski definition) is 2. The molecule has 1 heterocycles. The highest BCUT2D eigenvalue weighted by atomic mass is 16.5. The van der Waals surface area contributed by atoms with Crippen LogP contribution in [0.5, 0.6) is 5.75 Å². The lowest BCUT2D eigenvalue weighted by Gasteiger charge is -2.33. The molecule has 0 aromatic heterocycles. The second-order valence-electron chi connectivity index (χ2n) is 7.04. The van der Waals surface area contributed by atoms with Crippen LogP contribution in [0.3, 0.4) is 0 Å². The molecule has 2 heteroatoms. The molecule has 1 aliphatic rings. The van der Waals surface area contributed by atoms with Crippen molar-refractivity contribution in [2.75, 3.05) is 6.61 Å². The zero-order valence-electron chi connectivity index (χ0n) is 12.0. The Morgan fingerprint density at radius 2 is 1.83 bits per heavy atom. The van der Waals surface area contributed by atoms with Crippen molar-refractivity contribution in [1.29, 1.82) is 0 Å². The second-order valence-corrected chi connectivity index (χ2v) is 7.04. The van der Waals surface area contributed by atoms with Gasteiger partial charge in [-0.15, -0.1) is 0 Å². The molecule has 1 aromatic rings. The molecule has 0 amide bonds. The maximum absolute atomic E-state index is 11.7. The Hall–Kier alpha value is -1.31. The molecular weight excluding hydrogens is 224 g/mol. The predicted octanol–water partition coefficient (Wildman–Crippen LogP) is 3.98. The lowest BCUT2D eigenvalue weighted by molar-refractivity contribution is 0.0961. The molecule has 0 spiro atoms. The molecule has 0 saturated carbocycles. The van der Waals surface area contributed by atoms with E-state index in [-0.39, 0.29) is 23.2 Å². The molecule has 98 valence electrons. The van der Waals surface area contributed by atoms with E-state index in [1.54, 1.807) is 0 Å². The van der Waals surface area contributed by atoms with Gasteiger partial charge in [-0.05, 0) is 34.9 Å². The monoisotopic (exact) mass is 246 g/mol. The Morgan fingerprint density at radius 3 is 2.44 bits per heavy atom. The largest absolute Gasteiger partial charge is 0.485 e. The maximum atomic E-state index is 11.7. The first kappa shape index (κ1) is 13.1. The molecule has 0 bridgehead atoms. The number of ketones is 1. The summed E-state index contributed by atoms with van der Waals surface area (Å²) < 4.78 is 5.33. The van der Waals surface area contributed by atoms with Crippen LogP contribution in [0.25, 0.3) is 0 Å². The number of ether oxygens (including phenoxy) is 1. The van der Waals surface area contributed by atoms with Crippen LogP contribution < -0.4 is 4.74 Å². The molecule has 0 unspecified atom stereocenters. The lowest BCUT2D eigenvalue weighted by atomic mass is 9.72. The fraction of sp³-hybridized carbons (Fsp3) is 0.562. The van der Waals surface area contributed by atoms with Crippen LogP contribution in [0.15, 0.2) is 18.2 Å². The van der Waals surface area contributed by atoms with E-state index in [0.29, 0.717) is 0 Å². The van der Waals surface area contributed by atoms with E-state index in [4.69, 9.17) is 4.74 Å². The zero-order chi connectivity index (χ0) is 13.6. The molecule has 0 saturated heterocycles. The van der Waals surface area contributed by atoms with E-state index >= 15 is 0 Å². The van der Waals surface area contributed by atoms with E-state index < -0.39 is 0 Å². The van der Waals surface area contributed by atoms with Gasteiger partial charge in [-0.3, -0.25) is 4.79 Å². The number of benzene rings is 1. The Balaban J connectivity index is 2.34. The normalized spacial score (nSPS) is 15.5. The van der Waals surface area contributed by atoms with Gasteiger partial charge < -0.3 is 4.74 Å². The highest BCUT2D eigenvalue weighted by Gasteiger charge is 2.30. The summed E-state index contributed by atoms with van der Waals surface area (Å²) in [5, 5.41) is 0. The molecule has 18 heavy (non-hydrogen) atoms. The van der Waals surface area contributed by atoms with Crippen molar-refractivity contribution in [2.45, 2.75) is 46.5 Å². The fourth-order valence-electron chi connectivity index (χ4n) is 2.94. The standard InChI is InChI=1S/C16H22O2/c1-15(2,3)10-16(4,5)11-6-7-14-12(8-11)13(17)9-18-14/h6-8H,9-10H2,1-5H3. The highest BCUT2D eigenvalue weighted by Crippen LogP contribution is 2.38. The summed E-state index contributed by atoms with van der Waals surface area (Å²) in [7, 11) is 0. The summed E-state index contributed by atoms with van der Waals surface area (Å²) in [6.45, 7) is 11.4. The van der Waals surface area contributed by atoms with Gasteiger partial charge in [0.15, 0.2) is 6.61 Å². The van der Waals surface area contributed by atoms with Gasteiger partial charge in [0.05, 0.1) is 5.56 Å². The van der Waals surface area contributed by atoms with E-state index in [0.717, 1.165) is 17.7 Å². The molecule has 0 radical (unpaired) electrons. The molecule has 0 atom stereocenters. The third-order valence-corrected chi connectivity index (χ3v) is 3.39. The van der Waals surface area contributed by atoms with E-state index in [2.05, 4.69) is 40.7 Å². The van der Waals surface area contributed by atoms with Crippen LogP contribution in [-0.2, 0) is 5.41 Å². The van der Waals surface area contributed by atoms with Gasteiger partial charge in [-0.2, -0.15) is 0 Å². The first-order chi connectivity index (χ1) is 8.19. The minimum atomic E-state index is 0.0656. The third-order valence-electron chi connectivity index (χ3n) is 3.39. The van der Waals surface area contributed by atoms with Crippen molar-refractivity contribution >= 4 is 5.78 Å². The van der Waals surface area contributed by atoms with Gasteiger partial charge in [-0.1, -0.05) is 40.7 Å². The minimum Gasteiger partial charge on any atom is -0.485 e. The van der Waals surface area contributed by atoms with Crippen molar-refractivity contribution in [1.82, 2.24) is 0 Å². The molecule has 1 aromatic carbocycles. The van der Waals surface area contributed by atoms with Crippen LogP contribution in [0, 0.1) is 5.41 Å². The maximum Gasteiger partial charge on any atom is 0.203 e. The molecule has 0 fully saturated rings. The van der Waals surface area contributed by atoms with Crippen molar-refractivity contribution in [3.63, 3.8) is 0 Å². The van der Waals surface area contributed by atoms with E-state index in [9.17, 15) is 4.79 Å². The zero-order valence-corrected chi connectivity index (χ0v) is 12.0. The van der Waals surface area contributed by atoms with Crippen LogP contribution in [0.2, 0.25) is 0 Å². The number of Topliss-reactive ketones (excluding diaryl/α,β-unsaturated/α-hetero) is 1. The molecule has 0 aliphatic carbocycles. The Bertz CT molecular complexity index is 478. The van der Waals surface area contributed by atoms with Crippen LogP contribution >= 0.6 is 0 Å². The first-order valence-electron chi connectivity index (χ1n) is 6.50. The Kier molecular flexibility index (Phi) is 3.00. The van der Waals surface area contributed by atoms with Crippen molar-refractivity contribution in [2.24, 2.45) is 5.41 Å². The third kappa shape index (κ3) is 2.58. The quantitative estimate of drug-likeness (QED) is 0.789. The van der Waals surface area contributed by atoms with Crippen molar-refractivity contribution < 1.29 is 9.53 Å². The Morgan fingerprint density at radius 1 is 1.17 bits per heavy atom. The van der Waals surface area contributed by atoms with Crippen LogP contribution in [0.4, 0.5) is 0 Å². The molecule has 2 nitrogen and oxygen atoms in total. The topological polar surface area (TPSA) is 26.3 Å². The minimum absolute atomic E-state index is 0.0656. The average Bonchev–Trinajstić information content (AvgIpc) is 2.56. The lowest BCUT2D eigenvalue weighted by Crippen LogP contribution is -2.25. The predicted molar refractivity (Wildman–Crippen MR) is 73.4 cm³/mol. The van der Waals surface area contributed by atoms with Gasteiger partial charge >= 0.3 is 0 Å². The van der Waals surface area contributed by atoms with Crippen LogP contribution in [0.1, 0.15) is 57.0 Å². The smallest absolute Gasteiger partial charge is 0.203 e. The summed E-state index contributed by atoms with van der Waals surface area (Å²) in [6.07, 6.45) is 1.08. The summed E-state index contributed by atoms with van der Waals surface area (Å²) in [4.78, 5) is 11.7. The molecule has 0 N–H and O–H groups in total. The fourth-order valence-corrected chi connectivity index (χ4v) is 2.94. The summed E-state index contributed by atoms with van der Waals surface area (Å²) in [5.41, 5.74) is 2.30. The first-order valence-corrected chi connectivity index (χ1v) is 6.50. The molecule has 2 rings (SSSR count). The van der Waals surface area contributed by atoms with Gasteiger partial charge in [0, 0.05) is 0 Å². The Labute approximate surface area is 109 Å². The van der Waals surface area contributed by atoms with E-state index in [1.807, 2.05) is 12.1 Å².